The van der Waals surface area contributed by atoms with Crippen LogP contribution >= 0.6 is 34.4 Å². The molecule has 0 saturated carbocycles. The fraction of sp³-hybridized carbons (Fsp3) is 0.250. The Hall–Kier alpha value is -2.40. The van der Waals surface area contributed by atoms with Gasteiger partial charge in [-0.05, 0) is 57.4 Å². The molecule has 10 heteroatoms. The van der Waals surface area contributed by atoms with E-state index in [4.69, 9.17) is 4.84 Å². The number of nitrogens with zero attached hydrogens (tertiary/aromatic N) is 2. The lowest BCUT2D eigenvalue weighted by molar-refractivity contribution is -0.0512. The van der Waals surface area contributed by atoms with Gasteiger partial charge >= 0.3 is 6.03 Å². The minimum Gasteiger partial charge on any atom is -0.508 e. The molecular weight excluding hydrogens is 440 g/mol. The van der Waals surface area contributed by atoms with Crippen molar-refractivity contribution in [3.63, 3.8) is 0 Å². The molecule has 3 aromatic rings. The van der Waals surface area contributed by atoms with Crippen molar-refractivity contribution in [1.29, 1.82) is 0 Å². The van der Waals surface area contributed by atoms with Crippen LogP contribution < -0.4 is 10.8 Å². The fourth-order valence-corrected chi connectivity index (χ4v) is 4.76. The first kappa shape index (κ1) is 22.3. The van der Waals surface area contributed by atoms with Gasteiger partial charge in [0, 0.05) is 27.7 Å². The Bertz CT molecular complexity index is 1040. The number of urea groups is 1. The van der Waals surface area contributed by atoms with Crippen molar-refractivity contribution in [3.05, 3.63) is 40.6 Å². The molecule has 2 aromatic heterocycles. The van der Waals surface area contributed by atoms with E-state index in [1.54, 1.807) is 47.4 Å². The Morgan fingerprint density at radius 3 is 2.70 bits per heavy atom. The first-order valence-corrected chi connectivity index (χ1v) is 11.9. The van der Waals surface area contributed by atoms with E-state index in [1.807, 2.05) is 38.5 Å². The van der Waals surface area contributed by atoms with E-state index >= 15 is 0 Å². The quantitative estimate of drug-likeness (QED) is 0.183. The van der Waals surface area contributed by atoms with Crippen LogP contribution in [0.15, 0.2) is 44.9 Å². The van der Waals surface area contributed by atoms with Crippen molar-refractivity contribution in [3.8, 4) is 17.0 Å². The summed E-state index contributed by atoms with van der Waals surface area (Å²) in [5.41, 5.74) is 4.53. The standard InChI is InChI=1S/C20H22N4O3S3/c1-20(2,3)27-24-18(26)21-10-14-9-15(17(28-4)30-14)16-11-29-19(23-16)22-12-5-7-13(25)8-6-12/h5-11,25H,1-4H3,(H,22,23)(H,24,26). The summed E-state index contributed by atoms with van der Waals surface area (Å²) in [5, 5.41) is 15.4. The number of carbonyl (C=O) groups is 1. The van der Waals surface area contributed by atoms with Gasteiger partial charge in [-0.1, -0.05) is 0 Å². The molecule has 0 radical (unpaired) electrons. The predicted molar refractivity (Wildman–Crippen MR) is 126 cm³/mol. The largest absolute Gasteiger partial charge is 0.508 e. The summed E-state index contributed by atoms with van der Waals surface area (Å²) in [6.07, 6.45) is 3.53. The molecule has 0 bridgehead atoms. The molecule has 0 aliphatic rings. The zero-order valence-electron chi connectivity index (χ0n) is 16.9. The molecular formula is C20H22N4O3S3. The third-order valence-electron chi connectivity index (χ3n) is 3.55. The molecule has 3 N–H and O–H groups in total. The third-order valence-corrected chi connectivity index (χ3v) is 6.52. The molecule has 158 valence electrons. The molecule has 0 saturated heterocycles. The average molecular weight is 463 g/mol. The minimum atomic E-state index is -0.556. The number of thioether (sulfide) groups is 1. The molecule has 2 amide bonds. The van der Waals surface area contributed by atoms with Gasteiger partial charge in [-0.3, -0.25) is 4.84 Å². The number of phenolic OH excluding ortho intramolecular Hbond substituents is 1. The van der Waals surface area contributed by atoms with E-state index in [1.165, 1.54) is 17.6 Å². The number of aromatic hydroxyl groups is 1. The van der Waals surface area contributed by atoms with Crippen LogP contribution in [0, 0.1) is 0 Å². The number of phenols is 1. The highest BCUT2D eigenvalue weighted by Crippen LogP contribution is 2.38. The van der Waals surface area contributed by atoms with Gasteiger partial charge in [-0.25, -0.2) is 15.3 Å². The van der Waals surface area contributed by atoms with Crippen molar-refractivity contribution in [2.75, 3.05) is 11.6 Å². The fourth-order valence-electron chi connectivity index (χ4n) is 2.25. The van der Waals surface area contributed by atoms with Gasteiger partial charge in [0.25, 0.3) is 0 Å². The maximum Gasteiger partial charge on any atom is 0.364 e. The van der Waals surface area contributed by atoms with Crippen LogP contribution in [0.25, 0.3) is 11.3 Å². The normalized spacial score (nSPS) is 11.7. The maximum absolute atomic E-state index is 11.8. The number of amides is 2. The second-order valence-corrected chi connectivity index (χ2v) is 10.2. The SMILES string of the molecule is CSc1sc(C=NC(=O)NOC(C)(C)C)cc1-c1csc(Nc2ccc(O)cc2)n1. The number of carbonyl (C=O) groups excluding carboxylic acids is 1. The van der Waals surface area contributed by atoms with Gasteiger partial charge in [0.2, 0.25) is 0 Å². The molecule has 0 aliphatic carbocycles. The molecule has 2 heterocycles. The zero-order valence-corrected chi connectivity index (χ0v) is 19.4. The number of thiophene rings is 1. The number of aliphatic imine (C=N–C) groups is 1. The Balaban J connectivity index is 1.71. The number of hydrogen-bond donors (Lipinski definition) is 3. The Kier molecular flexibility index (Phi) is 7.14. The number of hydroxylamine groups is 1. The van der Waals surface area contributed by atoms with Crippen LogP contribution in [-0.4, -0.2) is 34.2 Å². The second kappa shape index (κ2) is 9.61. The zero-order chi connectivity index (χ0) is 21.7. The minimum absolute atomic E-state index is 0.219. The average Bonchev–Trinajstić information content (AvgIpc) is 3.32. The summed E-state index contributed by atoms with van der Waals surface area (Å²) in [4.78, 5) is 26.5. The first-order chi connectivity index (χ1) is 14.2. The van der Waals surface area contributed by atoms with Crippen LogP contribution in [0.2, 0.25) is 0 Å². The Labute approximate surface area is 187 Å². The van der Waals surface area contributed by atoms with Gasteiger partial charge in [0.1, 0.15) is 5.75 Å². The number of aromatic nitrogens is 1. The molecule has 30 heavy (non-hydrogen) atoms. The highest BCUT2D eigenvalue weighted by molar-refractivity contribution is 8.00. The topological polar surface area (TPSA) is 95.8 Å². The van der Waals surface area contributed by atoms with Crippen molar-refractivity contribution in [2.24, 2.45) is 4.99 Å². The molecule has 0 spiro atoms. The third kappa shape index (κ3) is 6.30. The van der Waals surface area contributed by atoms with E-state index in [0.29, 0.717) is 0 Å². The van der Waals surface area contributed by atoms with Gasteiger partial charge in [-0.15, -0.1) is 34.4 Å². The number of nitrogens with one attached hydrogen (secondary N) is 2. The Morgan fingerprint density at radius 1 is 1.30 bits per heavy atom. The lowest BCUT2D eigenvalue weighted by Crippen LogP contribution is -2.31. The van der Waals surface area contributed by atoms with Crippen LogP contribution in [0.5, 0.6) is 5.75 Å². The van der Waals surface area contributed by atoms with Crippen LogP contribution in [-0.2, 0) is 4.84 Å². The summed E-state index contributed by atoms with van der Waals surface area (Å²) in [7, 11) is 0. The first-order valence-electron chi connectivity index (χ1n) is 8.95. The summed E-state index contributed by atoms with van der Waals surface area (Å²) >= 11 is 4.66. The number of anilines is 2. The van der Waals surface area contributed by atoms with E-state index in [2.05, 4.69) is 20.8 Å². The molecule has 0 fully saturated rings. The molecule has 0 aliphatic heterocycles. The highest BCUT2D eigenvalue weighted by atomic mass is 32.2. The van der Waals surface area contributed by atoms with Crippen LogP contribution in [0.4, 0.5) is 15.6 Å². The second-order valence-electron chi connectivity index (χ2n) is 7.14. The molecule has 0 unspecified atom stereocenters. The molecule has 7 nitrogen and oxygen atoms in total. The summed E-state index contributed by atoms with van der Waals surface area (Å²) < 4.78 is 1.09. The van der Waals surface area contributed by atoms with Crippen molar-refractivity contribution >= 4 is 57.5 Å². The molecule has 3 rings (SSSR count). The van der Waals surface area contributed by atoms with E-state index in [9.17, 15) is 9.90 Å². The lowest BCUT2D eigenvalue weighted by atomic mass is 10.2. The lowest BCUT2D eigenvalue weighted by Gasteiger charge is -2.17. The smallest absolute Gasteiger partial charge is 0.364 e. The monoisotopic (exact) mass is 462 g/mol. The molecule has 1 aromatic carbocycles. The number of benzene rings is 1. The summed E-state index contributed by atoms with van der Waals surface area (Å²) in [6.45, 7) is 5.52. The number of rotatable bonds is 6. The number of hydrogen-bond acceptors (Lipinski definition) is 8. The van der Waals surface area contributed by atoms with Crippen molar-refractivity contribution < 1.29 is 14.7 Å². The Morgan fingerprint density at radius 2 is 2.03 bits per heavy atom. The predicted octanol–water partition coefficient (Wildman–Crippen LogP) is 5.90. The van der Waals surface area contributed by atoms with E-state index in [0.717, 1.165) is 31.2 Å². The van der Waals surface area contributed by atoms with Gasteiger partial charge < -0.3 is 10.4 Å². The van der Waals surface area contributed by atoms with Crippen LogP contribution in [0.1, 0.15) is 25.6 Å². The van der Waals surface area contributed by atoms with Crippen LogP contribution in [0.3, 0.4) is 0 Å². The van der Waals surface area contributed by atoms with Gasteiger partial charge in [0.15, 0.2) is 5.13 Å². The number of thiazole rings is 1. The highest BCUT2D eigenvalue weighted by Gasteiger charge is 2.14. The van der Waals surface area contributed by atoms with E-state index in [-0.39, 0.29) is 5.75 Å². The summed E-state index contributed by atoms with van der Waals surface area (Å²) in [6, 6.07) is 8.23. The maximum atomic E-state index is 11.8. The van der Waals surface area contributed by atoms with Crippen molar-refractivity contribution in [2.45, 2.75) is 30.6 Å². The van der Waals surface area contributed by atoms with Gasteiger partial charge in [0.05, 0.1) is 15.5 Å². The van der Waals surface area contributed by atoms with Crippen molar-refractivity contribution in [1.82, 2.24) is 10.5 Å². The van der Waals surface area contributed by atoms with E-state index < -0.39 is 11.6 Å². The van der Waals surface area contributed by atoms with Gasteiger partial charge in [-0.2, -0.15) is 4.99 Å². The molecule has 0 atom stereocenters. The summed E-state index contributed by atoms with van der Waals surface area (Å²) in [5.74, 6) is 0.219.